The van der Waals surface area contributed by atoms with Gasteiger partial charge in [0.2, 0.25) is 6.29 Å². The van der Waals surface area contributed by atoms with Crippen molar-refractivity contribution in [2.24, 2.45) is 44.8 Å². The van der Waals surface area contributed by atoms with Crippen LogP contribution in [0, 0.1) is 44.8 Å². The fourth-order valence-corrected chi connectivity index (χ4v) is 10.3. The maximum absolute atomic E-state index is 14.2. The maximum atomic E-state index is 14.2. The second kappa shape index (κ2) is 12.5. The quantitative estimate of drug-likeness (QED) is 0.193. The van der Waals surface area contributed by atoms with Gasteiger partial charge in [0.25, 0.3) is 0 Å². The standard InChI is InChI=1S/C36H58O10/c1-20(21(2)39)9-14-36(31(44)46-30-29(43)28(42)27(41)23(18-37)45-30)16-15-34(5)22(17-36)7-8-25-32(3)12-11-26(40)33(4,19-38)24(32)10-13-35(25,34)6/h7-8,17,20-21,23-30,37-43H,9-16,18-19H2,1-6H3. The lowest BCUT2D eigenvalue weighted by molar-refractivity contribution is -0.295. The smallest absolute Gasteiger partial charge is 0.318 e. The first-order valence-electron chi connectivity index (χ1n) is 17.3. The molecule has 46 heavy (non-hydrogen) atoms. The number of carbonyl (C=O) groups excluding carboxylic acids is 1. The second-order valence-corrected chi connectivity index (χ2v) is 16.5. The second-order valence-electron chi connectivity index (χ2n) is 16.5. The molecule has 2 saturated carbocycles. The predicted molar refractivity (Wildman–Crippen MR) is 170 cm³/mol. The Labute approximate surface area is 273 Å². The highest BCUT2D eigenvalue weighted by atomic mass is 16.7. The van der Waals surface area contributed by atoms with Crippen molar-refractivity contribution >= 4 is 5.97 Å². The molecule has 3 fully saturated rings. The lowest BCUT2D eigenvalue weighted by atomic mass is 9.36. The Morgan fingerprint density at radius 2 is 1.67 bits per heavy atom. The van der Waals surface area contributed by atoms with Crippen LogP contribution in [-0.2, 0) is 14.3 Å². The molecule has 10 heteroatoms. The van der Waals surface area contributed by atoms with Crippen molar-refractivity contribution in [1.29, 1.82) is 0 Å². The van der Waals surface area contributed by atoms with E-state index in [4.69, 9.17) is 9.47 Å². The Bertz CT molecular complexity index is 1200. The molecule has 0 aromatic carbocycles. The van der Waals surface area contributed by atoms with Gasteiger partial charge in [0.05, 0.1) is 30.8 Å². The molecular weight excluding hydrogens is 592 g/mol. The Hall–Kier alpha value is -1.37. The van der Waals surface area contributed by atoms with Crippen LogP contribution in [0.4, 0.5) is 0 Å². The van der Waals surface area contributed by atoms with Gasteiger partial charge in [-0.15, -0.1) is 0 Å². The van der Waals surface area contributed by atoms with Crippen LogP contribution in [0.15, 0.2) is 23.8 Å². The minimum Gasteiger partial charge on any atom is -0.432 e. The number of fused-ring (bicyclic) bond motifs is 5. The number of hydrogen-bond acceptors (Lipinski definition) is 10. The topological polar surface area (TPSA) is 177 Å². The molecule has 0 spiro atoms. The molecule has 5 rings (SSSR count). The van der Waals surface area contributed by atoms with Crippen LogP contribution < -0.4 is 0 Å². The summed E-state index contributed by atoms with van der Waals surface area (Å²) < 4.78 is 11.3. The number of allylic oxidation sites excluding steroid dienone is 3. The number of aliphatic hydroxyl groups is 7. The van der Waals surface area contributed by atoms with Gasteiger partial charge < -0.3 is 45.2 Å². The Balaban J connectivity index is 1.51. The molecular formula is C36H58O10. The minimum absolute atomic E-state index is 0.0477. The molecule has 7 N–H and O–H groups in total. The van der Waals surface area contributed by atoms with Crippen molar-refractivity contribution in [1.82, 2.24) is 0 Å². The molecule has 10 nitrogen and oxygen atoms in total. The largest absolute Gasteiger partial charge is 0.432 e. The molecule has 1 aliphatic heterocycles. The first-order chi connectivity index (χ1) is 21.4. The summed E-state index contributed by atoms with van der Waals surface area (Å²) in [7, 11) is 0. The SMILES string of the molecule is CC(O)C(C)CCC1(C(=O)OC2OC(CO)C(O)C(O)C2O)C=C2C=CC3C4(C)CCC(O)C(C)(CO)C4CCC3(C)C2(C)CC1. The van der Waals surface area contributed by atoms with Gasteiger partial charge in [-0.1, -0.05) is 52.8 Å². The van der Waals surface area contributed by atoms with Crippen molar-refractivity contribution in [2.45, 2.75) is 136 Å². The number of hydrogen-bond donors (Lipinski definition) is 7. The third-order valence-corrected chi connectivity index (χ3v) is 14.2. The van der Waals surface area contributed by atoms with Gasteiger partial charge >= 0.3 is 5.97 Å². The van der Waals surface area contributed by atoms with E-state index in [0.29, 0.717) is 32.1 Å². The number of ether oxygens (including phenoxy) is 2. The van der Waals surface area contributed by atoms with Crippen molar-refractivity contribution < 1.29 is 50.0 Å². The van der Waals surface area contributed by atoms with E-state index in [1.807, 2.05) is 19.9 Å². The lowest BCUT2D eigenvalue weighted by Crippen LogP contribution is -2.64. The van der Waals surface area contributed by atoms with Crippen LogP contribution in [0.2, 0.25) is 0 Å². The highest BCUT2D eigenvalue weighted by Crippen LogP contribution is 2.72. The summed E-state index contributed by atoms with van der Waals surface area (Å²) in [5.74, 6) is -0.308. The fourth-order valence-electron chi connectivity index (χ4n) is 10.3. The number of aliphatic hydroxyl groups excluding tert-OH is 7. The number of rotatable bonds is 8. The van der Waals surface area contributed by atoms with Crippen molar-refractivity contribution in [3.63, 3.8) is 0 Å². The summed E-state index contributed by atoms with van der Waals surface area (Å²) in [4.78, 5) is 14.2. The molecule has 15 atom stereocenters. The summed E-state index contributed by atoms with van der Waals surface area (Å²) in [6, 6.07) is 0. The zero-order chi connectivity index (χ0) is 34.0. The van der Waals surface area contributed by atoms with Gasteiger partial charge in [-0.25, -0.2) is 0 Å². The zero-order valence-electron chi connectivity index (χ0n) is 28.4. The van der Waals surface area contributed by atoms with Crippen molar-refractivity contribution in [3.05, 3.63) is 23.8 Å². The van der Waals surface area contributed by atoms with E-state index in [0.717, 1.165) is 24.8 Å². The molecule has 1 heterocycles. The van der Waals surface area contributed by atoms with Gasteiger partial charge in [-0.3, -0.25) is 4.79 Å². The van der Waals surface area contributed by atoms with Gasteiger partial charge in [-0.05, 0) is 97.9 Å². The average molecular weight is 651 g/mol. The molecule has 0 radical (unpaired) electrons. The lowest BCUT2D eigenvalue weighted by Gasteiger charge is -2.68. The minimum atomic E-state index is -1.69. The summed E-state index contributed by atoms with van der Waals surface area (Å²) >= 11 is 0. The third-order valence-electron chi connectivity index (χ3n) is 14.2. The predicted octanol–water partition coefficient (Wildman–Crippen LogP) is 2.60. The monoisotopic (exact) mass is 650 g/mol. The summed E-state index contributed by atoms with van der Waals surface area (Å²) in [5, 5.41) is 72.6. The van der Waals surface area contributed by atoms with Gasteiger partial charge in [0, 0.05) is 5.41 Å². The van der Waals surface area contributed by atoms with E-state index < -0.39 is 66.3 Å². The Morgan fingerprint density at radius 3 is 2.30 bits per heavy atom. The normalized spacial score (nSPS) is 50.0. The summed E-state index contributed by atoms with van der Waals surface area (Å²) in [6.45, 7) is 12.0. The Kier molecular flexibility index (Phi) is 9.77. The number of carbonyl (C=O) groups is 1. The zero-order valence-corrected chi connectivity index (χ0v) is 28.4. The van der Waals surface area contributed by atoms with Gasteiger partial charge in [0.1, 0.15) is 24.4 Å². The molecule has 0 aromatic heterocycles. The van der Waals surface area contributed by atoms with E-state index in [1.54, 1.807) is 6.92 Å². The average Bonchev–Trinajstić information content (AvgIpc) is 3.02. The van der Waals surface area contributed by atoms with E-state index in [1.165, 1.54) is 0 Å². The molecule has 5 aliphatic rings. The molecule has 4 aliphatic carbocycles. The van der Waals surface area contributed by atoms with E-state index in [9.17, 15) is 40.5 Å². The fraction of sp³-hybridized carbons (Fsp3) is 0.861. The molecule has 15 unspecified atom stereocenters. The van der Waals surface area contributed by atoms with Crippen molar-refractivity contribution in [2.75, 3.05) is 13.2 Å². The van der Waals surface area contributed by atoms with Crippen LogP contribution in [-0.4, -0.2) is 97.8 Å². The van der Waals surface area contributed by atoms with Crippen LogP contribution in [0.25, 0.3) is 0 Å². The molecule has 262 valence electrons. The highest BCUT2D eigenvalue weighted by molar-refractivity contribution is 5.80. The van der Waals surface area contributed by atoms with Crippen molar-refractivity contribution in [3.8, 4) is 0 Å². The van der Waals surface area contributed by atoms with Crippen LogP contribution in [0.3, 0.4) is 0 Å². The van der Waals surface area contributed by atoms with Crippen LogP contribution in [0.5, 0.6) is 0 Å². The van der Waals surface area contributed by atoms with Crippen LogP contribution >= 0.6 is 0 Å². The number of esters is 1. The summed E-state index contributed by atoms with van der Waals surface area (Å²) in [5.41, 5.74) is -1.12. The van der Waals surface area contributed by atoms with Gasteiger partial charge in [-0.2, -0.15) is 0 Å². The summed E-state index contributed by atoms with van der Waals surface area (Å²) in [6.07, 6.45) is 3.17. The molecule has 0 aromatic rings. The molecule has 0 bridgehead atoms. The van der Waals surface area contributed by atoms with E-state index in [-0.39, 0.29) is 40.6 Å². The molecule has 1 saturated heterocycles. The first-order valence-corrected chi connectivity index (χ1v) is 17.3. The first kappa shape index (κ1) is 35.9. The van der Waals surface area contributed by atoms with Gasteiger partial charge in [0.15, 0.2) is 0 Å². The van der Waals surface area contributed by atoms with E-state index in [2.05, 4.69) is 32.9 Å². The Morgan fingerprint density at radius 1 is 0.978 bits per heavy atom. The molecule has 0 amide bonds. The third kappa shape index (κ3) is 5.34. The maximum Gasteiger partial charge on any atom is 0.318 e. The van der Waals surface area contributed by atoms with Crippen LogP contribution in [0.1, 0.15) is 92.9 Å². The highest BCUT2D eigenvalue weighted by Gasteiger charge is 2.66. The van der Waals surface area contributed by atoms with E-state index >= 15 is 0 Å².